The molecule has 4 nitrogen and oxygen atoms in total. The lowest BCUT2D eigenvalue weighted by Gasteiger charge is -2.47. The Labute approximate surface area is 91.2 Å². The van der Waals surface area contributed by atoms with Crippen molar-refractivity contribution in [2.24, 2.45) is 5.73 Å². The molecule has 2 saturated heterocycles. The lowest BCUT2D eigenvalue weighted by atomic mass is 9.73. The minimum Gasteiger partial charge on any atom is -0.388 e. The Balaban J connectivity index is 2.12. The van der Waals surface area contributed by atoms with E-state index in [1.54, 1.807) is 7.11 Å². The summed E-state index contributed by atoms with van der Waals surface area (Å²) < 4.78 is 5.11. The van der Waals surface area contributed by atoms with Gasteiger partial charge >= 0.3 is 0 Å². The molecular weight excluding hydrogens is 192 g/mol. The molecule has 2 aliphatic rings. The van der Waals surface area contributed by atoms with Gasteiger partial charge in [0.2, 0.25) is 0 Å². The molecule has 0 aromatic carbocycles. The quantitative estimate of drug-likeness (QED) is 0.618. The third kappa shape index (κ3) is 1.91. The minimum absolute atomic E-state index is 0.406. The van der Waals surface area contributed by atoms with Gasteiger partial charge in [0.25, 0.3) is 0 Å². The van der Waals surface area contributed by atoms with Crippen molar-refractivity contribution in [1.29, 1.82) is 0 Å². The van der Waals surface area contributed by atoms with Crippen molar-refractivity contribution in [2.75, 3.05) is 13.7 Å². The van der Waals surface area contributed by atoms with Crippen LogP contribution in [0.15, 0.2) is 0 Å². The van der Waals surface area contributed by atoms with Crippen molar-refractivity contribution >= 4 is 0 Å². The van der Waals surface area contributed by atoms with Crippen LogP contribution in [0, 0.1) is 0 Å². The monoisotopic (exact) mass is 214 g/mol. The molecule has 15 heavy (non-hydrogen) atoms. The van der Waals surface area contributed by atoms with Crippen molar-refractivity contribution in [1.82, 2.24) is 5.32 Å². The first kappa shape index (κ1) is 11.3. The third-order valence-corrected chi connectivity index (χ3v) is 4.01. The second-order valence-corrected chi connectivity index (χ2v) is 5.43. The second kappa shape index (κ2) is 3.70. The second-order valence-electron chi connectivity index (χ2n) is 5.43. The predicted molar refractivity (Wildman–Crippen MR) is 58.6 cm³/mol. The molecule has 0 aromatic heterocycles. The number of piperidine rings is 1. The number of nitrogens with one attached hydrogen (secondary N) is 1. The number of fused-ring (bicyclic) bond motifs is 2. The Morgan fingerprint density at radius 3 is 2.47 bits per heavy atom. The molecule has 2 heterocycles. The number of methoxy groups -OCH3 is 1. The average Bonchev–Trinajstić information content (AvgIpc) is 2.45. The molecule has 0 aromatic rings. The van der Waals surface area contributed by atoms with E-state index in [1.807, 2.05) is 6.92 Å². The Kier molecular flexibility index (Phi) is 2.79. The fourth-order valence-corrected chi connectivity index (χ4v) is 3.02. The van der Waals surface area contributed by atoms with Crippen molar-refractivity contribution in [3.05, 3.63) is 0 Å². The largest absolute Gasteiger partial charge is 0.388 e. The first-order valence-electron chi connectivity index (χ1n) is 5.73. The minimum atomic E-state index is -0.778. The molecule has 3 atom stereocenters. The van der Waals surface area contributed by atoms with E-state index in [0.717, 1.165) is 25.7 Å². The maximum absolute atomic E-state index is 10.7. The van der Waals surface area contributed by atoms with Gasteiger partial charge in [0.1, 0.15) is 0 Å². The van der Waals surface area contributed by atoms with Crippen LogP contribution in [0.3, 0.4) is 0 Å². The zero-order valence-corrected chi connectivity index (χ0v) is 9.62. The van der Waals surface area contributed by atoms with Gasteiger partial charge in [0.05, 0.1) is 17.7 Å². The topological polar surface area (TPSA) is 67.5 Å². The number of hydrogen-bond donors (Lipinski definition) is 3. The fraction of sp³-hybridized carbons (Fsp3) is 1.00. The number of aliphatic hydroxyl groups is 1. The molecule has 0 aliphatic carbocycles. The standard InChI is InChI=1S/C11H22N2O2/c1-10(12,7-15-2)11(14)5-8-3-4-9(6-11)13-8/h8-9,13-14H,3-7,12H2,1-2H3. The van der Waals surface area contributed by atoms with Crippen molar-refractivity contribution < 1.29 is 9.84 Å². The molecule has 0 spiro atoms. The zero-order chi connectivity index (χ0) is 11.1. The highest BCUT2D eigenvalue weighted by atomic mass is 16.5. The van der Waals surface area contributed by atoms with Crippen molar-refractivity contribution in [3.8, 4) is 0 Å². The Morgan fingerprint density at radius 2 is 2.00 bits per heavy atom. The normalized spacial score (nSPS) is 44.0. The maximum Gasteiger partial charge on any atom is 0.0875 e. The van der Waals surface area contributed by atoms with E-state index in [9.17, 15) is 5.11 Å². The molecule has 4 heteroatoms. The molecule has 2 fully saturated rings. The van der Waals surface area contributed by atoms with Crippen LogP contribution in [-0.4, -0.2) is 42.0 Å². The Bertz CT molecular complexity index is 231. The first-order chi connectivity index (χ1) is 6.97. The summed E-state index contributed by atoms with van der Waals surface area (Å²) in [5.74, 6) is 0. The number of hydrogen-bond acceptors (Lipinski definition) is 4. The highest BCUT2D eigenvalue weighted by Crippen LogP contribution is 2.39. The van der Waals surface area contributed by atoms with E-state index in [0.29, 0.717) is 18.7 Å². The molecule has 0 saturated carbocycles. The van der Waals surface area contributed by atoms with Crippen LogP contribution >= 0.6 is 0 Å². The van der Waals surface area contributed by atoms with E-state index < -0.39 is 11.1 Å². The molecular formula is C11H22N2O2. The van der Waals surface area contributed by atoms with Gasteiger partial charge in [-0.3, -0.25) is 0 Å². The van der Waals surface area contributed by atoms with Crippen LogP contribution in [0.4, 0.5) is 0 Å². The van der Waals surface area contributed by atoms with E-state index >= 15 is 0 Å². The van der Waals surface area contributed by atoms with Gasteiger partial charge in [-0.05, 0) is 32.6 Å². The van der Waals surface area contributed by atoms with E-state index in [2.05, 4.69) is 5.32 Å². The number of rotatable bonds is 3. The van der Waals surface area contributed by atoms with Gasteiger partial charge in [-0.25, -0.2) is 0 Å². The summed E-state index contributed by atoms with van der Waals surface area (Å²) in [6.07, 6.45) is 3.83. The zero-order valence-electron chi connectivity index (χ0n) is 9.62. The number of nitrogens with two attached hydrogens (primary N) is 1. The van der Waals surface area contributed by atoms with Crippen LogP contribution in [0.5, 0.6) is 0 Å². The van der Waals surface area contributed by atoms with Gasteiger partial charge in [0, 0.05) is 19.2 Å². The molecule has 3 unspecified atom stereocenters. The Morgan fingerprint density at radius 1 is 1.47 bits per heavy atom. The third-order valence-electron chi connectivity index (χ3n) is 4.01. The molecule has 2 rings (SSSR count). The predicted octanol–water partition coefficient (Wildman–Crippen LogP) is -0.00430. The van der Waals surface area contributed by atoms with Crippen LogP contribution in [-0.2, 0) is 4.74 Å². The van der Waals surface area contributed by atoms with Gasteiger partial charge in [0.15, 0.2) is 0 Å². The molecule has 88 valence electrons. The van der Waals surface area contributed by atoms with Crippen molar-refractivity contribution in [3.63, 3.8) is 0 Å². The molecule has 2 aliphatic heterocycles. The van der Waals surface area contributed by atoms with Crippen LogP contribution in [0.1, 0.15) is 32.6 Å². The fourth-order valence-electron chi connectivity index (χ4n) is 3.02. The van der Waals surface area contributed by atoms with Crippen LogP contribution < -0.4 is 11.1 Å². The summed E-state index contributed by atoms with van der Waals surface area (Å²) in [7, 11) is 1.63. The lowest BCUT2D eigenvalue weighted by Crippen LogP contribution is -2.66. The van der Waals surface area contributed by atoms with Gasteiger partial charge in [-0.15, -0.1) is 0 Å². The van der Waals surface area contributed by atoms with Crippen LogP contribution in [0.2, 0.25) is 0 Å². The maximum atomic E-state index is 10.7. The van der Waals surface area contributed by atoms with Gasteiger partial charge < -0.3 is 20.9 Å². The summed E-state index contributed by atoms with van der Waals surface area (Å²) >= 11 is 0. The smallest absolute Gasteiger partial charge is 0.0875 e. The number of ether oxygens (including phenoxy) is 1. The summed E-state index contributed by atoms with van der Waals surface area (Å²) in [4.78, 5) is 0. The summed E-state index contributed by atoms with van der Waals surface area (Å²) in [6, 6.07) is 0.877. The highest BCUT2D eigenvalue weighted by molar-refractivity contribution is 5.09. The van der Waals surface area contributed by atoms with Crippen LogP contribution in [0.25, 0.3) is 0 Å². The first-order valence-corrected chi connectivity index (χ1v) is 5.73. The van der Waals surface area contributed by atoms with E-state index in [-0.39, 0.29) is 0 Å². The van der Waals surface area contributed by atoms with E-state index in [4.69, 9.17) is 10.5 Å². The Hall–Kier alpha value is -0.160. The SMILES string of the molecule is COCC(C)(N)C1(O)CC2CCC(C1)N2. The molecule has 4 N–H and O–H groups in total. The van der Waals surface area contributed by atoms with Gasteiger partial charge in [-0.2, -0.15) is 0 Å². The lowest BCUT2D eigenvalue weighted by molar-refractivity contribution is -0.0874. The van der Waals surface area contributed by atoms with E-state index in [1.165, 1.54) is 0 Å². The van der Waals surface area contributed by atoms with Crippen molar-refractivity contribution in [2.45, 2.75) is 55.8 Å². The summed E-state index contributed by atoms with van der Waals surface area (Å²) in [6.45, 7) is 2.30. The van der Waals surface area contributed by atoms with Gasteiger partial charge in [-0.1, -0.05) is 0 Å². The molecule has 0 radical (unpaired) electrons. The summed E-state index contributed by atoms with van der Waals surface area (Å²) in [5.41, 5.74) is 4.76. The molecule has 0 amide bonds. The molecule has 2 bridgehead atoms. The summed E-state index contributed by atoms with van der Waals surface area (Å²) in [5, 5.41) is 14.2. The average molecular weight is 214 g/mol. The highest BCUT2D eigenvalue weighted by Gasteiger charge is 2.51.